The maximum atomic E-state index is 11.9. The molecule has 1 aliphatic rings. The molecule has 0 bridgehead atoms. The molecule has 0 aromatic heterocycles. The van der Waals surface area contributed by atoms with Gasteiger partial charge in [0.15, 0.2) is 0 Å². The first kappa shape index (κ1) is 13.7. The zero-order valence-electron chi connectivity index (χ0n) is 9.69. The molecule has 0 radical (unpaired) electrons. The summed E-state index contributed by atoms with van der Waals surface area (Å²) in [5.41, 5.74) is 0. The van der Waals surface area contributed by atoms with E-state index in [9.17, 15) is 4.79 Å². The van der Waals surface area contributed by atoms with Crippen molar-refractivity contribution >= 4 is 17.5 Å². The van der Waals surface area contributed by atoms with Gasteiger partial charge in [-0.25, -0.2) is 0 Å². The zero-order valence-corrected chi connectivity index (χ0v) is 10.4. The predicted molar refractivity (Wildman–Crippen MR) is 62.6 cm³/mol. The van der Waals surface area contributed by atoms with Crippen LogP contribution in [-0.4, -0.2) is 53.7 Å². The molecule has 1 saturated heterocycles. The molecule has 2 atom stereocenters. The number of alkyl halides is 1. The van der Waals surface area contributed by atoms with Crippen LogP contribution in [0.25, 0.3) is 0 Å². The van der Waals surface area contributed by atoms with E-state index in [0.717, 1.165) is 12.8 Å². The van der Waals surface area contributed by atoms with Gasteiger partial charge in [-0.2, -0.15) is 0 Å². The van der Waals surface area contributed by atoms with Gasteiger partial charge in [0.1, 0.15) is 0 Å². The Labute approximate surface area is 102 Å². The minimum Gasteiger partial charge on any atom is -0.394 e. The molecular weight excluding hydrogens is 230 g/mol. The van der Waals surface area contributed by atoms with Crippen molar-refractivity contribution in [1.82, 2.24) is 4.90 Å². The first-order valence-corrected chi connectivity index (χ1v) is 6.30. The monoisotopic (exact) mass is 249 g/mol. The van der Waals surface area contributed by atoms with Gasteiger partial charge in [0, 0.05) is 18.8 Å². The predicted octanol–water partition coefficient (Wildman–Crippen LogP) is 1.00. The molecule has 1 aliphatic heterocycles. The first-order valence-electron chi connectivity index (χ1n) is 5.77. The van der Waals surface area contributed by atoms with E-state index in [0.29, 0.717) is 25.5 Å². The Morgan fingerprint density at radius 2 is 2.31 bits per heavy atom. The lowest BCUT2D eigenvalue weighted by atomic mass is 10.1. The second-order valence-corrected chi connectivity index (χ2v) is 4.56. The lowest BCUT2D eigenvalue weighted by Gasteiger charge is -2.37. The van der Waals surface area contributed by atoms with E-state index in [4.69, 9.17) is 21.4 Å². The van der Waals surface area contributed by atoms with Crippen molar-refractivity contribution < 1.29 is 14.6 Å². The van der Waals surface area contributed by atoms with Crippen molar-refractivity contribution in [2.24, 2.45) is 0 Å². The van der Waals surface area contributed by atoms with E-state index in [1.807, 2.05) is 6.92 Å². The molecule has 1 fully saturated rings. The van der Waals surface area contributed by atoms with Gasteiger partial charge in [-0.15, -0.1) is 11.6 Å². The molecule has 5 heteroatoms. The Bertz CT molecular complexity index is 225. The molecule has 0 aromatic rings. The van der Waals surface area contributed by atoms with Crippen LogP contribution >= 0.6 is 11.6 Å². The molecular formula is C11H20ClNO3. The van der Waals surface area contributed by atoms with E-state index in [1.54, 1.807) is 4.90 Å². The smallest absolute Gasteiger partial charge is 0.222 e. The zero-order chi connectivity index (χ0) is 12.0. The number of carbonyl (C=O) groups is 1. The normalized spacial score (nSPS) is 25.8. The maximum Gasteiger partial charge on any atom is 0.222 e. The van der Waals surface area contributed by atoms with Gasteiger partial charge in [-0.05, 0) is 19.8 Å². The Hall–Kier alpha value is -0.320. The summed E-state index contributed by atoms with van der Waals surface area (Å²) in [5, 5.41) is 9.01. The molecule has 0 aromatic carbocycles. The van der Waals surface area contributed by atoms with Crippen LogP contribution in [0.4, 0.5) is 0 Å². The van der Waals surface area contributed by atoms with Gasteiger partial charge in [0.05, 0.1) is 25.4 Å². The molecule has 2 unspecified atom stereocenters. The summed E-state index contributed by atoms with van der Waals surface area (Å²) < 4.78 is 5.38. The lowest BCUT2D eigenvalue weighted by Crippen LogP contribution is -2.51. The SMILES string of the molecule is CC1COC(CO)CN1C(=O)CCCCCl. The van der Waals surface area contributed by atoms with Crippen LogP contribution in [0.3, 0.4) is 0 Å². The molecule has 16 heavy (non-hydrogen) atoms. The van der Waals surface area contributed by atoms with Crippen LogP contribution in [0.5, 0.6) is 0 Å². The van der Waals surface area contributed by atoms with Crippen molar-refractivity contribution in [3.63, 3.8) is 0 Å². The number of aliphatic hydroxyl groups is 1. The van der Waals surface area contributed by atoms with Crippen molar-refractivity contribution in [3.8, 4) is 0 Å². The average molecular weight is 250 g/mol. The number of rotatable bonds is 5. The Kier molecular flexibility index (Phi) is 6.09. The van der Waals surface area contributed by atoms with Crippen LogP contribution in [0.15, 0.2) is 0 Å². The Balaban J connectivity index is 2.39. The highest BCUT2D eigenvalue weighted by molar-refractivity contribution is 6.17. The second kappa shape index (κ2) is 7.09. The number of morpholine rings is 1. The highest BCUT2D eigenvalue weighted by atomic mass is 35.5. The number of carbonyl (C=O) groups excluding carboxylic acids is 1. The molecule has 94 valence electrons. The number of ether oxygens (including phenoxy) is 1. The molecule has 4 nitrogen and oxygen atoms in total. The summed E-state index contributed by atoms with van der Waals surface area (Å²) in [6.45, 7) is 2.94. The third kappa shape index (κ3) is 3.92. The molecule has 1 rings (SSSR count). The number of halogens is 1. The van der Waals surface area contributed by atoms with Crippen LogP contribution in [-0.2, 0) is 9.53 Å². The van der Waals surface area contributed by atoms with Crippen LogP contribution in [0, 0.1) is 0 Å². The summed E-state index contributed by atoms with van der Waals surface area (Å²) >= 11 is 5.57. The van der Waals surface area contributed by atoms with Crippen molar-refractivity contribution in [3.05, 3.63) is 0 Å². The van der Waals surface area contributed by atoms with Gasteiger partial charge >= 0.3 is 0 Å². The van der Waals surface area contributed by atoms with E-state index in [2.05, 4.69) is 0 Å². The van der Waals surface area contributed by atoms with Gasteiger partial charge in [-0.3, -0.25) is 4.79 Å². The summed E-state index contributed by atoms with van der Waals surface area (Å²) in [6.07, 6.45) is 2.01. The quantitative estimate of drug-likeness (QED) is 0.584. The van der Waals surface area contributed by atoms with Crippen LogP contribution < -0.4 is 0 Å². The molecule has 0 aliphatic carbocycles. The number of nitrogens with zero attached hydrogens (tertiary/aromatic N) is 1. The lowest BCUT2D eigenvalue weighted by molar-refractivity contribution is -0.146. The fourth-order valence-electron chi connectivity index (χ4n) is 1.79. The standard InChI is InChI=1S/C11H20ClNO3/c1-9-8-16-10(7-14)6-13(9)11(15)4-2-3-5-12/h9-10,14H,2-8H2,1H3. The van der Waals surface area contributed by atoms with Gasteiger partial charge < -0.3 is 14.7 Å². The topological polar surface area (TPSA) is 49.8 Å². The Morgan fingerprint density at radius 3 is 2.94 bits per heavy atom. The molecule has 1 N–H and O–H groups in total. The number of amides is 1. The van der Waals surface area contributed by atoms with Crippen LogP contribution in [0.2, 0.25) is 0 Å². The minimum absolute atomic E-state index is 0.0296. The van der Waals surface area contributed by atoms with Gasteiger partial charge in [0.25, 0.3) is 0 Å². The van der Waals surface area contributed by atoms with E-state index in [-0.39, 0.29) is 24.7 Å². The van der Waals surface area contributed by atoms with Gasteiger partial charge in [0.2, 0.25) is 5.91 Å². The molecule has 1 heterocycles. The van der Waals surface area contributed by atoms with E-state index < -0.39 is 0 Å². The van der Waals surface area contributed by atoms with Crippen molar-refractivity contribution in [1.29, 1.82) is 0 Å². The highest BCUT2D eigenvalue weighted by Crippen LogP contribution is 2.14. The third-order valence-corrected chi connectivity index (χ3v) is 3.07. The van der Waals surface area contributed by atoms with Crippen LogP contribution in [0.1, 0.15) is 26.2 Å². The Morgan fingerprint density at radius 1 is 1.56 bits per heavy atom. The van der Waals surface area contributed by atoms with E-state index in [1.165, 1.54) is 0 Å². The fraction of sp³-hybridized carbons (Fsp3) is 0.909. The molecule has 1 amide bonds. The summed E-state index contributed by atoms with van der Waals surface area (Å²) in [4.78, 5) is 13.7. The average Bonchev–Trinajstić information content (AvgIpc) is 2.30. The maximum absolute atomic E-state index is 11.9. The molecule has 0 saturated carbocycles. The minimum atomic E-state index is -0.229. The summed E-state index contributed by atoms with van der Waals surface area (Å²) in [7, 11) is 0. The number of hydrogen-bond donors (Lipinski definition) is 1. The number of unbranched alkanes of at least 4 members (excludes halogenated alkanes) is 1. The fourth-order valence-corrected chi connectivity index (χ4v) is 1.98. The van der Waals surface area contributed by atoms with Crippen molar-refractivity contribution in [2.45, 2.75) is 38.3 Å². The van der Waals surface area contributed by atoms with Gasteiger partial charge in [-0.1, -0.05) is 0 Å². The van der Waals surface area contributed by atoms with Crippen molar-refractivity contribution in [2.75, 3.05) is 25.6 Å². The second-order valence-electron chi connectivity index (χ2n) is 4.18. The highest BCUT2D eigenvalue weighted by Gasteiger charge is 2.28. The first-order chi connectivity index (χ1) is 7.69. The summed E-state index contributed by atoms with van der Waals surface area (Å²) in [5.74, 6) is 0.741. The molecule has 0 spiro atoms. The number of aliphatic hydroxyl groups excluding tert-OH is 1. The number of hydrogen-bond acceptors (Lipinski definition) is 3. The van der Waals surface area contributed by atoms with E-state index >= 15 is 0 Å². The summed E-state index contributed by atoms with van der Waals surface area (Å²) in [6, 6.07) is 0.103. The largest absolute Gasteiger partial charge is 0.394 e. The third-order valence-electron chi connectivity index (χ3n) is 2.80.